The van der Waals surface area contributed by atoms with Crippen LogP contribution in [0.2, 0.25) is 19.1 Å². The Balaban J connectivity index is 2.34. The lowest BCUT2D eigenvalue weighted by Gasteiger charge is -2.31. The highest BCUT2D eigenvalue weighted by Crippen LogP contribution is 2.47. The minimum Gasteiger partial charge on any atom is -0.506 e. The third kappa shape index (κ3) is 5.21. The van der Waals surface area contributed by atoms with Gasteiger partial charge in [-0.05, 0) is 61.4 Å². The number of hydrogen-bond acceptors (Lipinski definition) is 3. The van der Waals surface area contributed by atoms with Crippen LogP contribution in [0.4, 0.5) is 0 Å². The molecule has 4 atom stereocenters. The molecule has 1 fully saturated rings. The molecule has 1 aliphatic carbocycles. The van der Waals surface area contributed by atoms with E-state index >= 15 is 0 Å². The summed E-state index contributed by atoms with van der Waals surface area (Å²) in [5.74, 6) is 0.152. The Morgan fingerprint density at radius 3 is 2.65 bits per heavy atom. The lowest BCUT2D eigenvalue weighted by molar-refractivity contribution is 0.136. The predicted octanol–water partition coefficient (Wildman–Crippen LogP) is 5.98. The van der Waals surface area contributed by atoms with Gasteiger partial charge < -0.3 is 14.6 Å². The molecule has 0 spiro atoms. The Labute approximate surface area is 167 Å². The molecule has 2 N–H and O–H groups in total. The van der Waals surface area contributed by atoms with Crippen LogP contribution in [-0.4, -0.2) is 30.7 Å². The molecule has 0 bridgehead atoms. The van der Waals surface area contributed by atoms with Gasteiger partial charge >= 0.3 is 0 Å². The van der Waals surface area contributed by atoms with Gasteiger partial charge in [0, 0.05) is 17.4 Å². The average Bonchev–Trinajstić information content (AvgIpc) is 2.82. The lowest BCUT2D eigenvalue weighted by Crippen LogP contribution is -2.37. The molecule has 1 aliphatic rings. The largest absolute Gasteiger partial charge is 0.506 e. The van der Waals surface area contributed by atoms with E-state index in [1.807, 2.05) is 18.2 Å². The van der Waals surface area contributed by atoms with Crippen molar-refractivity contribution in [2.24, 2.45) is 5.92 Å². The van der Waals surface area contributed by atoms with E-state index < -0.39 is 14.4 Å². The van der Waals surface area contributed by atoms with Gasteiger partial charge in [-0.25, -0.2) is 0 Å². The first-order valence-electron chi connectivity index (χ1n) is 9.64. The highest BCUT2D eigenvalue weighted by Gasteiger charge is 2.45. The van der Waals surface area contributed by atoms with E-state index in [0.717, 1.165) is 11.6 Å². The molecule has 5 heteroatoms. The maximum Gasteiger partial charge on any atom is 0.187 e. The number of rotatable bonds is 7. The predicted molar refractivity (Wildman–Crippen MR) is 114 cm³/mol. The van der Waals surface area contributed by atoms with Crippen LogP contribution in [0.3, 0.4) is 0 Å². The molecule has 1 saturated carbocycles. The van der Waals surface area contributed by atoms with E-state index in [4.69, 9.17) is 4.43 Å². The van der Waals surface area contributed by atoms with Crippen molar-refractivity contribution in [1.82, 2.24) is 0 Å². The molecule has 0 aromatic heterocycles. The van der Waals surface area contributed by atoms with Gasteiger partial charge in [-0.15, -0.1) is 0 Å². The van der Waals surface area contributed by atoms with Crippen molar-refractivity contribution < 1.29 is 14.6 Å². The van der Waals surface area contributed by atoms with Gasteiger partial charge in [0.05, 0.1) is 16.7 Å². The number of aliphatic hydroxyl groups excluding tert-OH is 1. The zero-order chi connectivity index (χ0) is 19.5. The van der Waals surface area contributed by atoms with E-state index in [2.05, 4.69) is 55.9 Å². The van der Waals surface area contributed by atoms with Crippen LogP contribution < -0.4 is 0 Å². The number of allylic oxidation sites excluding steroid dienone is 1. The summed E-state index contributed by atoms with van der Waals surface area (Å²) >= 11 is 3.40. The number of halogens is 1. The lowest BCUT2D eigenvalue weighted by atomic mass is 9.85. The first-order chi connectivity index (χ1) is 12.2. The number of aromatic hydroxyl groups is 1. The van der Waals surface area contributed by atoms with E-state index in [-0.39, 0.29) is 23.7 Å². The summed E-state index contributed by atoms with van der Waals surface area (Å²) in [7, 11) is -1.78. The molecule has 0 aliphatic heterocycles. The topological polar surface area (TPSA) is 49.7 Å². The summed E-state index contributed by atoms with van der Waals surface area (Å²) in [6, 6.07) is 6.80. The maximum atomic E-state index is 10.9. The van der Waals surface area contributed by atoms with E-state index in [9.17, 15) is 10.2 Å². The Morgan fingerprint density at radius 1 is 1.35 bits per heavy atom. The van der Waals surface area contributed by atoms with Crippen LogP contribution in [0.25, 0.3) is 0 Å². The van der Waals surface area contributed by atoms with Gasteiger partial charge in [0.1, 0.15) is 5.75 Å². The third-order valence-electron chi connectivity index (χ3n) is 5.24. The fraction of sp³-hybridized carbons (Fsp3) is 0.619. The van der Waals surface area contributed by atoms with Crippen LogP contribution >= 0.6 is 15.9 Å². The molecule has 1 aromatic carbocycles. The molecule has 146 valence electrons. The van der Waals surface area contributed by atoms with E-state index in [0.29, 0.717) is 10.9 Å². The summed E-state index contributed by atoms with van der Waals surface area (Å²) in [5, 5.41) is 21.4. The Hall–Kier alpha value is -0.623. The Morgan fingerprint density at radius 2 is 2.04 bits per heavy atom. The Kier molecular flexibility index (Phi) is 7.54. The molecule has 0 radical (unpaired) electrons. The first kappa shape index (κ1) is 21.7. The monoisotopic (exact) mass is 440 g/mol. The summed E-state index contributed by atoms with van der Waals surface area (Å²) in [4.78, 5) is 0. The molecule has 26 heavy (non-hydrogen) atoms. The van der Waals surface area contributed by atoms with Crippen molar-refractivity contribution in [3.63, 3.8) is 0 Å². The molecule has 2 rings (SSSR count). The molecule has 3 nitrogen and oxygen atoms in total. The van der Waals surface area contributed by atoms with Crippen molar-refractivity contribution in [2.75, 3.05) is 0 Å². The molecule has 1 aromatic rings. The zero-order valence-electron chi connectivity index (χ0n) is 16.6. The minimum absolute atomic E-state index is 0.00167. The standard InChI is InChI=1S/C21H33BrO3Si/c1-6-7-11-26(4,5)25-19-13-18(23)20(16(19)12-14(2)3)15-9-8-10-17(22)21(15)24/h8-10,12,16,18-20,23-24H,6-7,11,13H2,1-5H3. The van der Waals surface area contributed by atoms with Crippen molar-refractivity contribution in [2.45, 2.75) is 77.3 Å². The van der Waals surface area contributed by atoms with Crippen molar-refractivity contribution in [1.29, 1.82) is 0 Å². The molecule has 0 heterocycles. The highest BCUT2D eigenvalue weighted by atomic mass is 79.9. The number of hydrogen-bond donors (Lipinski definition) is 2. The molecule has 0 saturated heterocycles. The normalized spacial score (nSPS) is 26.1. The summed E-state index contributed by atoms with van der Waals surface area (Å²) < 4.78 is 7.31. The minimum atomic E-state index is -1.78. The smallest absolute Gasteiger partial charge is 0.187 e. The van der Waals surface area contributed by atoms with E-state index in [1.165, 1.54) is 18.4 Å². The third-order valence-corrected chi connectivity index (χ3v) is 8.38. The van der Waals surface area contributed by atoms with Gasteiger partial charge in [0.25, 0.3) is 0 Å². The molecule has 4 unspecified atom stereocenters. The first-order valence-corrected chi connectivity index (χ1v) is 13.6. The van der Waals surface area contributed by atoms with E-state index in [1.54, 1.807) is 0 Å². The summed E-state index contributed by atoms with van der Waals surface area (Å²) in [6.07, 6.45) is 4.69. The SMILES string of the molecule is CCCC[Si](C)(C)OC1CC(O)C(c2cccc(Br)c2O)C1C=C(C)C. The van der Waals surface area contributed by atoms with Crippen LogP contribution in [0, 0.1) is 5.92 Å². The van der Waals surface area contributed by atoms with Crippen LogP contribution in [0.1, 0.15) is 51.5 Å². The van der Waals surface area contributed by atoms with Gasteiger partial charge in [0.15, 0.2) is 8.32 Å². The number of benzene rings is 1. The average molecular weight is 441 g/mol. The van der Waals surface area contributed by atoms with Crippen molar-refractivity contribution in [3.8, 4) is 5.75 Å². The van der Waals surface area contributed by atoms with Crippen LogP contribution in [0.5, 0.6) is 5.75 Å². The zero-order valence-corrected chi connectivity index (χ0v) is 19.2. The number of phenolic OH excluding ortho intramolecular Hbond substituents is 1. The second-order valence-corrected chi connectivity index (χ2v) is 13.5. The van der Waals surface area contributed by atoms with Crippen molar-refractivity contribution >= 4 is 24.2 Å². The molecule has 0 amide bonds. The Bertz CT molecular complexity index is 640. The molecular weight excluding hydrogens is 408 g/mol. The van der Waals surface area contributed by atoms with Gasteiger partial charge in [-0.2, -0.15) is 0 Å². The summed E-state index contributed by atoms with van der Waals surface area (Å²) in [6.45, 7) is 10.9. The van der Waals surface area contributed by atoms with Crippen LogP contribution in [0.15, 0.2) is 34.3 Å². The fourth-order valence-electron chi connectivity index (χ4n) is 4.04. The van der Waals surface area contributed by atoms with Gasteiger partial charge in [0.2, 0.25) is 0 Å². The quantitative estimate of drug-likeness (QED) is 0.405. The highest BCUT2D eigenvalue weighted by molar-refractivity contribution is 9.10. The fourth-order valence-corrected chi connectivity index (χ4v) is 6.82. The number of phenols is 1. The van der Waals surface area contributed by atoms with Crippen molar-refractivity contribution in [3.05, 3.63) is 39.9 Å². The van der Waals surface area contributed by atoms with Gasteiger partial charge in [-0.1, -0.05) is 43.5 Å². The number of para-hydroxylation sites is 1. The second-order valence-electron chi connectivity index (χ2n) is 8.35. The van der Waals surface area contributed by atoms with Gasteiger partial charge in [-0.3, -0.25) is 0 Å². The number of unbranched alkanes of at least 4 members (excludes halogenated alkanes) is 1. The second kappa shape index (κ2) is 9.05. The maximum absolute atomic E-state index is 10.9. The molecular formula is C21H33BrO3Si. The van der Waals surface area contributed by atoms with Crippen LogP contribution in [-0.2, 0) is 4.43 Å². The number of aliphatic hydroxyl groups is 1. The summed E-state index contributed by atoms with van der Waals surface area (Å²) in [5.41, 5.74) is 2.01.